The summed E-state index contributed by atoms with van der Waals surface area (Å²) in [4.78, 5) is 0. The molecule has 118 valence electrons. The van der Waals surface area contributed by atoms with Crippen molar-refractivity contribution in [3.63, 3.8) is 0 Å². The Bertz CT molecular complexity index is 600. The lowest BCUT2D eigenvalue weighted by molar-refractivity contribution is -0.0498. The quantitative estimate of drug-likeness (QED) is 0.755. The number of ether oxygens (including phenoxy) is 2. The highest BCUT2D eigenvalue weighted by Gasteiger charge is 2.17. The van der Waals surface area contributed by atoms with Crippen molar-refractivity contribution in [2.24, 2.45) is 0 Å². The van der Waals surface area contributed by atoms with Gasteiger partial charge in [0.25, 0.3) is 5.22 Å². The van der Waals surface area contributed by atoms with Gasteiger partial charge in [-0.25, -0.2) is 0 Å². The Hall–Kier alpha value is -1.67. The van der Waals surface area contributed by atoms with E-state index in [1.165, 1.54) is 23.9 Å². The summed E-state index contributed by atoms with van der Waals surface area (Å²) in [5.74, 6) is 1.22. The number of rotatable bonds is 6. The molecule has 8 heteroatoms. The van der Waals surface area contributed by atoms with Gasteiger partial charge < -0.3 is 13.9 Å². The molecule has 1 aliphatic rings. The van der Waals surface area contributed by atoms with Crippen LogP contribution < -0.4 is 4.74 Å². The van der Waals surface area contributed by atoms with Gasteiger partial charge in [0.1, 0.15) is 5.75 Å². The number of alkyl halides is 2. The fourth-order valence-corrected chi connectivity index (χ4v) is 2.93. The molecule has 1 atom stereocenters. The first-order valence-electron chi connectivity index (χ1n) is 6.84. The third kappa shape index (κ3) is 3.95. The Kier molecular flexibility index (Phi) is 4.89. The SMILES string of the molecule is FC(F)Oc1ccc(-c2nnc(SCC3CCCO3)o2)cc1. The Morgan fingerprint density at radius 1 is 1.27 bits per heavy atom. The maximum atomic E-state index is 12.1. The number of halogens is 2. The number of nitrogens with zero attached hydrogens (tertiary/aromatic N) is 2. The van der Waals surface area contributed by atoms with Gasteiger partial charge in [-0.3, -0.25) is 0 Å². The topological polar surface area (TPSA) is 57.4 Å². The second kappa shape index (κ2) is 7.06. The lowest BCUT2D eigenvalue weighted by Gasteiger charge is -2.05. The molecule has 5 nitrogen and oxygen atoms in total. The van der Waals surface area contributed by atoms with Crippen LogP contribution in [0.25, 0.3) is 11.5 Å². The molecule has 3 rings (SSSR count). The molecule has 0 spiro atoms. The van der Waals surface area contributed by atoms with E-state index in [-0.39, 0.29) is 11.9 Å². The number of thioether (sulfide) groups is 1. The van der Waals surface area contributed by atoms with Crippen LogP contribution in [0.2, 0.25) is 0 Å². The van der Waals surface area contributed by atoms with Crippen LogP contribution in [0.4, 0.5) is 8.78 Å². The van der Waals surface area contributed by atoms with Gasteiger partial charge in [0, 0.05) is 17.9 Å². The Morgan fingerprint density at radius 3 is 2.77 bits per heavy atom. The van der Waals surface area contributed by atoms with Gasteiger partial charge in [-0.2, -0.15) is 8.78 Å². The average molecular weight is 328 g/mol. The first-order chi connectivity index (χ1) is 10.7. The molecule has 0 N–H and O–H groups in total. The Morgan fingerprint density at radius 2 is 2.09 bits per heavy atom. The highest BCUT2D eigenvalue weighted by Crippen LogP contribution is 2.27. The third-order valence-corrected chi connectivity index (χ3v) is 4.10. The van der Waals surface area contributed by atoms with E-state index < -0.39 is 6.61 Å². The molecule has 1 unspecified atom stereocenters. The molecule has 2 aromatic rings. The zero-order valence-corrected chi connectivity index (χ0v) is 12.4. The molecule has 0 aliphatic carbocycles. The van der Waals surface area contributed by atoms with Crippen molar-refractivity contribution in [3.05, 3.63) is 24.3 Å². The lowest BCUT2D eigenvalue weighted by atomic mass is 10.2. The van der Waals surface area contributed by atoms with Crippen LogP contribution in [0.1, 0.15) is 12.8 Å². The van der Waals surface area contributed by atoms with Crippen molar-refractivity contribution in [3.8, 4) is 17.2 Å². The summed E-state index contributed by atoms with van der Waals surface area (Å²) in [5, 5.41) is 8.39. The second-order valence-electron chi connectivity index (χ2n) is 4.72. The lowest BCUT2D eigenvalue weighted by Crippen LogP contribution is -2.07. The van der Waals surface area contributed by atoms with E-state index in [1.54, 1.807) is 12.1 Å². The first-order valence-corrected chi connectivity index (χ1v) is 7.82. The summed E-state index contributed by atoms with van der Waals surface area (Å²) in [5.41, 5.74) is 0.651. The molecule has 1 aromatic carbocycles. The highest BCUT2D eigenvalue weighted by molar-refractivity contribution is 7.99. The summed E-state index contributed by atoms with van der Waals surface area (Å²) in [7, 11) is 0. The summed E-state index contributed by atoms with van der Waals surface area (Å²) >= 11 is 1.46. The van der Waals surface area contributed by atoms with Crippen LogP contribution >= 0.6 is 11.8 Å². The van der Waals surface area contributed by atoms with Crippen LogP contribution in [0.3, 0.4) is 0 Å². The third-order valence-electron chi connectivity index (χ3n) is 3.15. The van der Waals surface area contributed by atoms with Gasteiger partial charge in [-0.15, -0.1) is 10.2 Å². The molecule has 0 amide bonds. The molecule has 1 aliphatic heterocycles. The monoisotopic (exact) mass is 328 g/mol. The maximum Gasteiger partial charge on any atom is 0.387 e. The molecule has 0 radical (unpaired) electrons. The van der Waals surface area contributed by atoms with Crippen molar-refractivity contribution < 1.29 is 22.7 Å². The minimum Gasteiger partial charge on any atom is -0.435 e. The highest BCUT2D eigenvalue weighted by atomic mass is 32.2. The van der Waals surface area contributed by atoms with E-state index in [0.717, 1.165) is 25.2 Å². The number of benzene rings is 1. The summed E-state index contributed by atoms with van der Waals surface area (Å²) in [6.45, 7) is -2.03. The Balaban J connectivity index is 1.60. The molecule has 1 saturated heterocycles. The minimum absolute atomic E-state index is 0.0891. The van der Waals surface area contributed by atoms with Crippen LogP contribution in [-0.4, -0.2) is 35.3 Å². The van der Waals surface area contributed by atoms with Crippen LogP contribution in [0.15, 0.2) is 33.9 Å². The minimum atomic E-state index is -2.84. The van der Waals surface area contributed by atoms with Gasteiger partial charge in [0.05, 0.1) is 6.10 Å². The molecule has 1 fully saturated rings. The van der Waals surface area contributed by atoms with E-state index in [4.69, 9.17) is 9.15 Å². The smallest absolute Gasteiger partial charge is 0.387 e. The van der Waals surface area contributed by atoms with Gasteiger partial charge in [-0.1, -0.05) is 11.8 Å². The van der Waals surface area contributed by atoms with Crippen molar-refractivity contribution in [1.29, 1.82) is 0 Å². The van der Waals surface area contributed by atoms with Crippen LogP contribution in [0.5, 0.6) is 5.75 Å². The van der Waals surface area contributed by atoms with E-state index >= 15 is 0 Å². The summed E-state index contributed by atoms with van der Waals surface area (Å²) in [6.07, 6.45) is 2.39. The van der Waals surface area contributed by atoms with E-state index in [1.807, 2.05) is 0 Å². The van der Waals surface area contributed by atoms with Gasteiger partial charge in [-0.05, 0) is 37.1 Å². The van der Waals surface area contributed by atoms with Crippen LogP contribution in [0, 0.1) is 0 Å². The van der Waals surface area contributed by atoms with E-state index in [2.05, 4.69) is 14.9 Å². The van der Waals surface area contributed by atoms with Gasteiger partial charge in [0.15, 0.2) is 0 Å². The normalized spacial score (nSPS) is 18.0. The number of hydrogen-bond donors (Lipinski definition) is 0. The average Bonchev–Trinajstić information content (AvgIpc) is 3.17. The molecule has 2 heterocycles. The number of aromatic nitrogens is 2. The fraction of sp³-hybridized carbons (Fsp3) is 0.429. The predicted molar refractivity (Wildman–Crippen MR) is 76.1 cm³/mol. The van der Waals surface area contributed by atoms with Gasteiger partial charge >= 0.3 is 6.61 Å². The molecule has 22 heavy (non-hydrogen) atoms. The van der Waals surface area contributed by atoms with Gasteiger partial charge in [0.2, 0.25) is 5.89 Å². The number of hydrogen-bond acceptors (Lipinski definition) is 6. The summed E-state index contributed by atoms with van der Waals surface area (Å²) in [6, 6.07) is 6.06. The van der Waals surface area contributed by atoms with Crippen molar-refractivity contribution in [2.45, 2.75) is 30.8 Å². The zero-order valence-electron chi connectivity index (χ0n) is 11.6. The standard InChI is InChI=1S/C14H14F2N2O3S/c15-13(16)20-10-5-3-9(4-6-10)12-17-18-14(21-12)22-8-11-2-1-7-19-11/h3-6,11,13H,1-2,7-8H2. The zero-order chi connectivity index (χ0) is 15.4. The van der Waals surface area contributed by atoms with Crippen molar-refractivity contribution in [1.82, 2.24) is 10.2 Å². The van der Waals surface area contributed by atoms with E-state index in [0.29, 0.717) is 16.7 Å². The van der Waals surface area contributed by atoms with E-state index in [9.17, 15) is 8.78 Å². The largest absolute Gasteiger partial charge is 0.435 e. The molecular weight excluding hydrogens is 314 g/mol. The second-order valence-corrected chi connectivity index (χ2v) is 5.69. The first kappa shape index (κ1) is 15.2. The molecule has 0 saturated carbocycles. The molecular formula is C14H14F2N2O3S. The van der Waals surface area contributed by atoms with Crippen molar-refractivity contribution >= 4 is 11.8 Å². The predicted octanol–water partition coefficient (Wildman–Crippen LogP) is 3.61. The van der Waals surface area contributed by atoms with Crippen molar-refractivity contribution in [2.75, 3.05) is 12.4 Å². The fourth-order valence-electron chi connectivity index (χ4n) is 2.10. The summed E-state index contributed by atoms with van der Waals surface area (Å²) < 4.78 is 39.5. The molecule has 1 aromatic heterocycles. The Labute approximate surface area is 130 Å². The van der Waals surface area contributed by atoms with Crippen LogP contribution in [-0.2, 0) is 4.74 Å². The maximum absolute atomic E-state index is 12.1. The molecule has 0 bridgehead atoms.